The second-order valence-corrected chi connectivity index (χ2v) is 11.1. The molecule has 0 atom stereocenters. The van der Waals surface area contributed by atoms with Crippen LogP contribution in [0.25, 0.3) is 5.78 Å². The van der Waals surface area contributed by atoms with Crippen molar-refractivity contribution in [2.45, 2.75) is 26.0 Å². The number of imidazole rings is 1. The second kappa shape index (κ2) is 9.34. The van der Waals surface area contributed by atoms with Crippen LogP contribution in [0.4, 0.5) is 11.5 Å². The minimum Gasteiger partial charge on any atom is -0.386 e. The molecule has 3 N–H and O–H groups in total. The summed E-state index contributed by atoms with van der Waals surface area (Å²) in [4.78, 5) is 31.8. The van der Waals surface area contributed by atoms with E-state index in [1.165, 1.54) is 16.3 Å². The maximum atomic E-state index is 13.2. The summed E-state index contributed by atoms with van der Waals surface area (Å²) in [5.41, 5.74) is 2.47. The molecule has 3 aromatic heterocycles. The van der Waals surface area contributed by atoms with Crippen LogP contribution in [-0.4, -0.2) is 78.8 Å². The summed E-state index contributed by atoms with van der Waals surface area (Å²) in [5, 5.41) is 14.4. The number of aromatic nitrogens is 5. The fourth-order valence-electron chi connectivity index (χ4n) is 5.15. The SMILES string of the molecule is Cn1c(=O)n(CCN2CCN(c3ccc(C(C)(C)O)cc3)CC2)c2nc3c(n21)C(c1nccs1)=NCN3N. The van der Waals surface area contributed by atoms with E-state index >= 15 is 0 Å². The van der Waals surface area contributed by atoms with E-state index in [1.54, 1.807) is 40.9 Å². The van der Waals surface area contributed by atoms with Gasteiger partial charge in [0.1, 0.15) is 23.1 Å². The molecule has 0 amide bonds. The maximum absolute atomic E-state index is 13.2. The molecular formula is C25H32N10O2S. The maximum Gasteiger partial charge on any atom is 0.345 e. The van der Waals surface area contributed by atoms with Crippen molar-refractivity contribution in [1.29, 1.82) is 0 Å². The third kappa shape index (κ3) is 4.21. The Bertz CT molecular complexity index is 1530. The number of rotatable bonds is 6. The molecule has 12 nitrogen and oxygen atoms in total. The van der Waals surface area contributed by atoms with Gasteiger partial charge in [0.25, 0.3) is 0 Å². The average molecular weight is 537 g/mol. The van der Waals surface area contributed by atoms with E-state index in [0.717, 1.165) is 49.0 Å². The summed E-state index contributed by atoms with van der Waals surface area (Å²) in [7, 11) is 1.74. The summed E-state index contributed by atoms with van der Waals surface area (Å²) in [6.45, 7) is 8.72. The molecule has 2 aliphatic rings. The van der Waals surface area contributed by atoms with Gasteiger partial charge in [-0.3, -0.25) is 19.5 Å². The average Bonchev–Trinajstić information content (AvgIpc) is 3.62. The highest BCUT2D eigenvalue weighted by Gasteiger charge is 2.31. The Hall–Kier alpha value is -3.52. The van der Waals surface area contributed by atoms with Crippen LogP contribution in [0.3, 0.4) is 0 Å². The van der Waals surface area contributed by atoms with E-state index in [-0.39, 0.29) is 12.4 Å². The first kappa shape index (κ1) is 24.8. The Morgan fingerprint density at radius 1 is 1.11 bits per heavy atom. The van der Waals surface area contributed by atoms with Crippen molar-refractivity contribution < 1.29 is 5.11 Å². The van der Waals surface area contributed by atoms with Crippen LogP contribution in [0, 0.1) is 0 Å². The normalized spacial score (nSPS) is 16.8. The number of fused-ring (bicyclic) bond motifs is 3. The minimum atomic E-state index is -0.843. The number of benzene rings is 1. The molecule has 5 heterocycles. The summed E-state index contributed by atoms with van der Waals surface area (Å²) < 4.78 is 5.08. The van der Waals surface area contributed by atoms with Gasteiger partial charge >= 0.3 is 5.69 Å². The molecule has 38 heavy (non-hydrogen) atoms. The van der Waals surface area contributed by atoms with Gasteiger partial charge in [0.15, 0.2) is 5.82 Å². The molecule has 200 valence electrons. The van der Waals surface area contributed by atoms with Crippen molar-refractivity contribution in [3.8, 4) is 0 Å². The molecule has 2 aliphatic heterocycles. The van der Waals surface area contributed by atoms with Crippen LogP contribution in [0.2, 0.25) is 0 Å². The molecular weight excluding hydrogens is 504 g/mol. The van der Waals surface area contributed by atoms with Gasteiger partial charge in [0, 0.05) is 63.6 Å². The third-order valence-corrected chi connectivity index (χ3v) is 8.11. The first-order valence-electron chi connectivity index (χ1n) is 12.7. The number of nitrogens with two attached hydrogens (primary N) is 1. The highest BCUT2D eigenvalue weighted by molar-refractivity contribution is 7.11. The van der Waals surface area contributed by atoms with Crippen LogP contribution in [0.5, 0.6) is 0 Å². The van der Waals surface area contributed by atoms with Crippen molar-refractivity contribution in [2.75, 3.05) is 49.3 Å². The fourth-order valence-corrected chi connectivity index (χ4v) is 5.79. The fraction of sp³-hybridized carbons (Fsp3) is 0.440. The lowest BCUT2D eigenvalue weighted by atomic mass is 9.98. The number of thiazole rings is 1. The second-order valence-electron chi connectivity index (χ2n) is 10.2. The summed E-state index contributed by atoms with van der Waals surface area (Å²) in [6.07, 6.45) is 1.74. The first-order valence-corrected chi connectivity index (χ1v) is 13.6. The van der Waals surface area contributed by atoms with Crippen molar-refractivity contribution in [3.63, 3.8) is 0 Å². The van der Waals surface area contributed by atoms with E-state index in [0.29, 0.717) is 29.5 Å². The van der Waals surface area contributed by atoms with E-state index in [2.05, 4.69) is 31.9 Å². The quantitative estimate of drug-likeness (QED) is 0.347. The van der Waals surface area contributed by atoms with Crippen LogP contribution < -0.4 is 21.4 Å². The smallest absolute Gasteiger partial charge is 0.345 e. The zero-order valence-electron chi connectivity index (χ0n) is 21.8. The Morgan fingerprint density at radius 3 is 2.50 bits per heavy atom. The number of anilines is 2. The molecule has 0 bridgehead atoms. The Kier molecular flexibility index (Phi) is 6.10. The van der Waals surface area contributed by atoms with Gasteiger partial charge in [0.2, 0.25) is 5.78 Å². The van der Waals surface area contributed by atoms with Gasteiger partial charge < -0.3 is 10.0 Å². The Balaban J connectivity index is 1.18. The zero-order chi connectivity index (χ0) is 26.6. The lowest BCUT2D eigenvalue weighted by molar-refractivity contribution is 0.0786. The van der Waals surface area contributed by atoms with Crippen molar-refractivity contribution in [1.82, 2.24) is 28.6 Å². The zero-order valence-corrected chi connectivity index (χ0v) is 22.6. The number of aliphatic hydroxyl groups is 1. The van der Waals surface area contributed by atoms with Gasteiger partial charge in [-0.1, -0.05) is 12.1 Å². The monoisotopic (exact) mass is 536 g/mol. The van der Waals surface area contributed by atoms with Gasteiger partial charge in [-0.15, -0.1) is 11.3 Å². The molecule has 1 fully saturated rings. The number of hydrogen-bond donors (Lipinski definition) is 2. The van der Waals surface area contributed by atoms with Crippen molar-refractivity contribution >= 4 is 34.3 Å². The number of nitrogens with zero attached hydrogens (tertiary/aromatic N) is 9. The van der Waals surface area contributed by atoms with E-state index < -0.39 is 5.60 Å². The molecule has 1 aromatic carbocycles. The lowest BCUT2D eigenvalue weighted by Crippen LogP contribution is -2.47. The summed E-state index contributed by atoms with van der Waals surface area (Å²) in [5.74, 6) is 7.36. The third-order valence-electron chi connectivity index (χ3n) is 7.33. The van der Waals surface area contributed by atoms with Gasteiger partial charge in [-0.05, 0) is 31.5 Å². The predicted molar refractivity (Wildman–Crippen MR) is 148 cm³/mol. The molecule has 13 heteroatoms. The Labute approximate surface area is 223 Å². The van der Waals surface area contributed by atoms with Gasteiger partial charge in [0.05, 0.1) is 5.60 Å². The number of piperazine rings is 1. The molecule has 0 spiro atoms. The molecule has 4 aromatic rings. The number of aliphatic imine (C=N–C) groups is 1. The molecule has 0 aliphatic carbocycles. The standard InChI is InChI=1S/C25H32N10O2S/c1-25(2,37)17-4-6-18(7-5-17)32-12-9-31(10-13-32)11-14-33-23-29-21-20(35(23)30(3)24(33)36)19(28-16-34(21)26)22-27-8-15-38-22/h4-8,15,37H,9-14,16,26H2,1-3H3. The molecule has 0 saturated carbocycles. The topological polar surface area (TPSA) is 125 Å². The highest BCUT2D eigenvalue weighted by atomic mass is 32.1. The van der Waals surface area contributed by atoms with Gasteiger partial charge in [-0.2, -0.15) is 4.98 Å². The van der Waals surface area contributed by atoms with Crippen LogP contribution in [0.15, 0.2) is 45.6 Å². The number of hydrogen-bond acceptors (Lipinski definition) is 10. The van der Waals surface area contributed by atoms with E-state index in [4.69, 9.17) is 10.8 Å². The highest BCUT2D eigenvalue weighted by Crippen LogP contribution is 2.28. The minimum absolute atomic E-state index is 0.131. The number of hydrazine groups is 1. The van der Waals surface area contributed by atoms with E-state index in [9.17, 15) is 9.90 Å². The van der Waals surface area contributed by atoms with Crippen LogP contribution in [0.1, 0.15) is 30.1 Å². The molecule has 1 saturated heterocycles. The Morgan fingerprint density at radius 2 is 1.84 bits per heavy atom. The summed E-state index contributed by atoms with van der Waals surface area (Å²) >= 11 is 1.49. The molecule has 0 unspecified atom stereocenters. The predicted octanol–water partition coefficient (Wildman–Crippen LogP) is 0.829. The van der Waals surface area contributed by atoms with Crippen LogP contribution in [-0.2, 0) is 19.2 Å². The largest absolute Gasteiger partial charge is 0.386 e. The van der Waals surface area contributed by atoms with Crippen molar-refractivity contribution in [2.24, 2.45) is 17.9 Å². The number of aryl methyl sites for hydroxylation is 1. The summed E-state index contributed by atoms with van der Waals surface area (Å²) in [6, 6.07) is 8.14. The lowest BCUT2D eigenvalue weighted by Gasteiger charge is -2.36. The molecule has 0 radical (unpaired) electrons. The van der Waals surface area contributed by atoms with Crippen LogP contribution >= 0.6 is 11.3 Å². The molecule has 6 rings (SSSR count). The van der Waals surface area contributed by atoms with E-state index in [1.807, 2.05) is 17.5 Å². The first-order chi connectivity index (χ1) is 18.2. The van der Waals surface area contributed by atoms with Gasteiger partial charge in [-0.25, -0.2) is 24.8 Å². The van der Waals surface area contributed by atoms with Crippen molar-refractivity contribution in [3.05, 3.63) is 62.6 Å².